The molecule has 1 unspecified atom stereocenters. The molecule has 1 aliphatic heterocycles. The predicted molar refractivity (Wildman–Crippen MR) is 84.8 cm³/mol. The van der Waals surface area contributed by atoms with Crippen molar-refractivity contribution in [2.45, 2.75) is 24.3 Å². The van der Waals surface area contributed by atoms with Gasteiger partial charge < -0.3 is 10.6 Å². The number of carbonyl (C=O) groups excluding carboxylic acids is 1. The molecular weight excluding hydrogens is 321 g/mol. The van der Waals surface area contributed by atoms with Gasteiger partial charge in [-0.25, -0.2) is 12.8 Å². The lowest BCUT2D eigenvalue weighted by Crippen LogP contribution is -2.45. The average Bonchev–Trinajstić information content (AvgIpc) is 2.53. The minimum absolute atomic E-state index is 0.381. The molecule has 0 radical (unpaired) electrons. The SMILES string of the molecule is CC(NS(=O)(=O)c1ccccc1F)C(=O)NCC1=CCNCC1. The number of sulfonamides is 1. The van der Waals surface area contributed by atoms with Gasteiger partial charge in [0, 0.05) is 13.1 Å². The molecule has 0 aromatic heterocycles. The van der Waals surface area contributed by atoms with Crippen molar-refractivity contribution >= 4 is 15.9 Å². The van der Waals surface area contributed by atoms with Crippen LogP contribution in [0.4, 0.5) is 4.39 Å². The van der Waals surface area contributed by atoms with E-state index >= 15 is 0 Å². The van der Waals surface area contributed by atoms with E-state index in [1.165, 1.54) is 19.1 Å². The van der Waals surface area contributed by atoms with Crippen molar-refractivity contribution in [3.63, 3.8) is 0 Å². The van der Waals surface area contributed by atoms with Crippen molar-refractivity contribution in [3.05, 3.63) is 41.7 Å². The van der Waals surface area contributed by atoms with Gasteiger partial charge in [-0.15, -0.1) is 0 Å². The zero-order valence-electron chi connectivity index (χ0n) is 12.8. The quantitative estimate of drug-likeness (QED) is 0.659. The second-order valence-electron chi connectivity index (χ2n) is 5.31. The Morgan fingerprint density at radius 3 is 2.78 bits per heavy atom. The molecular formula is C15H20FN3O3S. The molecule has 6 nitrogen and oxygen atoms in total. The zero-order chi connectivity index (χ0) is 16.9. The van der Waals surface area contributed by atoms with E-state index in [-0.39, 0.29) is 0 Å². The van der Waals surface area contributed by atoms with Gasteiger partial charge in [-0.1, -0.05) is 23.8 Å². The normalized spacial score (nSPS) is 16.5. The van der Waals surface area contributed by atoms with Crippen LogP contribution in [0.15, 0.2) is 40.8 Å². The van der Waals surface area contributed by atoms with Crippen molar-refractivity contribution in [2.75, 3.05) is 19.6 Å². The fourth-order valence-corrected chi connectivity index (χ4v) is 3.48. The monoisotopic (exact) mass is 341 g/mol. The highest BCUT2D eigenvalue weighted by atomic mass is 32.2. The predicted octanol–water partition coefficient (Wildman–Crippen LogP) is 0.528. The fourth-order valence-electron chi connectivity index (χ4n) is 2.20. The van der Waals surface area contributed by atoms with Crippen LogP contribution in [0.1, 0.15) is 13.3 Å². The first kappa shape index (κ1) is 17.6. The second kappa shape index (κ2) is 7.67. The molecule has 0 aliphatic carbocycles. The number of hydrogen-bond donors (Lipinski definition) is 3. The van der Waals surface area contributed by atoms with Gasteiger partial charge in [0.2, 0.25) is 15.9 Å². The van der Waals surface area contributed by atoms with Crippen molar-refractivity contribution in [2.24, 2.45) is 0 Å². The van der Waals surface area contributed by atoms with E-state index in [4.69, 9.17) is 0 Å². The number of hydrogen-bond acceptors (Lipinski definition) is 4. The topological polar surface area (TPSA) is 87.3 Å². The molecule has 0 spiro atoms. The van der Waals surface area contributed by atoms with Crippen molar-refractivity contribution in [3.8, 4) is 0 Å². The van der Waals surface area contributed by atoms with E-state index in [9.17, 15) is 17.6 Å². The molecule has 2 rings (SSSR count). The molecule has 8 heteroatoms. The third-order valence-corrected chi connectivity index (χ3v) is 5.07. The van der Waals surface area contributed by atoms with Gasteiger partial charge >= 0.3 is 0 Å². The summed E-state index contributed by atoms with van der Waals surface area (Å²) in [4.78, 5) is 11.5. The van der Waals surface area contributed by atoms with Gasteiger partial charge in [-0.3, -0.25) is 4.79 Å². The van der Waals surface area contributed by atoms with Crippen LogP contribution in [0.5, 0.6) is 0 Å². The smallest absolute Gasteiger partial charge is 0.244 e. The van der Waals surface area contributed by atoms with Gasteiger partial charge in [0.1, 0.15) is 10.7 Å². The fraction of sp³-hybridized carbons (Fsp3) is 0.400. The first-order valence-corrected chi connectivity index (χ1v) is 8.81. The van der Waals surface area contributed by atoms with Gasteiger partial charge in [0.05, 0.1) is 6.04 Å². The average molecular weight is 341 g/mol. The Bertz CT molecular complexity index is 704. The van der Waals surface area contributed by atoms with Crippen LogP contribution in [0.2, 0.25) is 0 Å². The van der Waals surface area contributed by atoms with Crippen molar-refractivity contribution < 1.29 is 17.6 Å². The molecule has 23 heavy (non-hydrogen) atoms. The zero-order valence-corrected chi connectivity index (χ0v) is 13.6. The molecule has 1 aromatic rings. The lowest BCUT2D eigenvalue weighted by molar-refractivity contribution is -0.122. The molecule has 3 N–H and O–H groups in total. The minimum atomic E-state index is -4.09. The van der Waals surface area contributed by atoms with E-state index in [1.807, 2.05) is 6.08 Å². The molecule has 1 amide bonds. The highest BCUT2D eigenvalue weighted by Gasteiger charge is 2.24. The summed E-state index contributed by atoms with van der Waals surface area (Å²) >= 11 is 0. The number of rotatable bonds is 6. The van der Waals surface area contributed by atoms with E-state index in [0.717, 1.165) is 37.2 Å². The maximum absolute atomic E-state index is 13.6. The lowest BCUT2D eigenvalue weighted by atomic mass is 10.1. The number of amides is 1. The van der Waals surface area contributed by atoms with Gasteiger partial charge in [-0.05, 0) is 32.0 Å². The minimum Gasteiger partial charge on any atom is -0.351 e. The van der Waals surface area contributed by atoms with E-state index in [0.29, 0.717) is 6.54 Å². The molecule has 0 saturated heterocycles. The summed E-state index contributed by atoms with van der Waals surface area (Å²) in [7, 11) is -4.09. The van der Waals surface area contributed by atoms with Crippen LogP contribution >= 0.6 is 0 Å². The Balaban J connectivity index is 1.95. The van der Waals surface area contributed by atoms with Crippen LogP contribution in [0, 0.1) is 5.82 Å². The van der Waals surface area contributed by atoms with Crippen LogP contribution in [-0.2, 0) is 14.8 Å². The standard InChI is InChI=1S/C15H20FN3O3S/c1-11(15(20)18-10-12-6-8-17-9-7-12)19-23(21,22)14-5-3-2-4-13(14)16/h2-6,11,17,19H,7-10H2,1H3,(H,18,20). The second-order valence-corrected chi connectivity index (χ2v) is 6.99. The van der Waals surface area contributed by atoms with Crippen molar-refractivity contribution in [1.82, 2.24) is 15.4 Å². The molecule has 0 bridgehead atoms. The molecule has 0 fully saturated rings. The lowest BCUT2D eigenvalue weighted by Gasteiger charge is -2.17. The molecule has 1 heterocycles. The first-order valence-electron chi connectivity index (χ1n) is 7.33. The van der Waals surface area contributed by atoms with Crippen LogP contribution in [0.3, 0.4) is 0 Å². The summed E-state index contributed by atoms with van der Waals surface area (Å²) in [5.74, 6) is -1.31. The molecule has 0 saturated carbocycles. The molecule has 1 aliphatic rings. The van der Waals surface area contributed by atoms with Crippen molar-refractivity contribution in [1.29, 1.82) is 0 Å². The Labute approximate surface area is 135 Å². The number of nitrogens with one attached hydrogen (secondary N) is 3. The Kier molecular flexibility index (Phi) is 5.86. The number of halogens is 1. The third-order valence-electron chi connectivity index (χ3n) is 3.50. The van der Waals surface area contributed by atoms with Crippen LogP contribution < -0.4 is 15.4 Å². The highest BCUT2D eigenvalue weighted by molar-refractivity contribution is 7.89. The highest BCUT2D eigenvalue weighted by Crippen LogP contribution is 2.13. The summed E-state index contributed by atoms with van der Waals surface area (Å²) < 4.78 is 40.0. The summed E-state index contributed by atoms with van der Waals surface area (Å²) in [6.45, 7) is 3.43. The van der Waals surface area contributed by atoms with Crippen LogP contribution in [0.25, 0.3) is 0 Å². The van der Waals surface area contributed by atoms with Crippen LogP contribution in [-0.4, -0.2) is 40.0 Å². The third kappa shape index (κ3) is 4.85. The van der Waals surface area contributed by atoms with E-state index < -0.39 is 32.7 Å². The van der Waals surface area contributed by atoms with E-state index in [1.54, 1.807) is 0 Å². The first-order chi connectivity index (χ1) is 10.9. The Hall–Kier alpha value is -1.77. The largest absolute Gasteiger partial charge is 0.351 e. The van der Waals surface area contributed by atoms with Gasteiger partial charge in [0.25, 0.3) is 0 Å². The van der Waals surface area contributed by atoms with Gasteiger partial charge in [0.15, 0.2) is 0 Å². The van der Waals surface area contributed by atoms with Gasteiger partial charge in [-0.2, -0.15) is 4.72 Å². The Morgan fingerprint density at radius 1 is 1.39 bits per heavy atom. The summed E-state index contributed by atoms with van der Waals surface area (Å²) in [5.41, 5.74) is 1.10. The summed E-state index contributed by atoms with van der Waals surface area (Å²) in [6, 6.07) is 4.04. The summed E-state index contributed by atoms with van der Waals surface area (Å²) in [6.07, 6.45) is 2.84. The number of benzene rings is 1. The summed E-state index contributed by atoms with van der Waals surface area (Å²) in [5, 5.41) is 5.85. The molecule has 126 valence electrons. The molecule has 1 atom stereocenters. The molecule has 1 aromatic carbocycles. The Morgan fingerprint density at radius 2 is 2.13 bits per heavy atom. The maximum Gasteiger partial charge on any atom is 0.244 e. The maximum atomic E-state index is 13.6. The van der Waals surface area contributed by atoms with E-state index in [2.05, 4.69) is 15.4 Å². The number of carbonyl (C=O) groups is 1.